The van der Waals surface area contributed by atoms with E-state index in [9.17, 15) is 9.59 Å². The third kappa shape index (κ3) is 3.70. The van der Waals surface area contributed by atoms with Crippen LogP contribution >= 0.6 is 23.2 Å². The molecule has 2 heterocycles. The molecule has 1 aliphatic heterocycles. The average Bonchev–Trinajstić information content (AvgIpc) is 2.60. The van der Waals surface area contributed by atoms with Crippen molar-refractivity contribution >= 4 is 40.8 Å². The number of hydrogen-bond donors (Lipinski definition) is 2. The SMILES string of the molecule is COC(=O)[C@@H]1C[C@@H](NC(=O)c2ccncc2)c2c(Cl)cc(Cl)cc2N1. The van der Waals surface area contributed by atoms with Gasteiger partial charge in [0.15, 0.2) is 0 Å². The first-order chi connectivity index (χ1) is 12.0. The van der Waals surface area contributed by atoms with Crippen LogP contribution in [0.4, 0.5) is 5.69 Å². The van der Waals surface area contributed by atoms with E-state index in [0.29, 0.717) is 33.3 Å². The smallest absolute Gasteiger partial charge is 0.328 e. The van der Waals surface area contributed by atoms with Crippen molar-refractivity contribution < 1.29 is 14.3 Å². The normalized spacial score (nSPS) is 18.7. The molecule has 6 nitrogen and oxygen atoms in total. The number of nitrogens with zero attached hydrogens (tertiary/aromatic N) is 1. The van der Waals surface area contributed by atoms with E-state index in [4.69, 9.17) is 27.9 Å². The molecule has 2 atom stereocenters. The molecule has 3 rings (SSSR count). The van der Waals surface area contributed by atoms with E-state index in [1.54, 1.807) is 24.3 Å². The Balaban J connectivity index is 1.94. The van der Waals surface area contributed by atoms with Crippen molar-refractivity contribution in [3.8, 4) is 0 Å². The predicted molar refractivity (Wildman–Crippen MR) is 94.9 cm³/mol. The van der Waals surface area contributed by atoms with E-state index in [-0.39, 0.29) is 5.91 Å². The number of nitrogens with one attached hydrogen (secondary N) is 2. The molecule has 0 fully saturated rings. The van der Waals surface area contributed by atoms with Crippen LogP contribution in [0.15, 0.2) is 36.7 Å². The molecule has 0 radical (unpaired) electrons. The highest BCUT2D eigenvalue weighted by Crippen LogP contribution is 2.40. The summed E-state index contributed by atoms with van der Waals surface area (Å²) < 4.78 is 4.81. The minimum absolute atomic E-state index is 0.283. The summed E-state index contributed by atoms with van der Waals surface area (Å²) in [6.45, 7) is 0. The summed E-state index contributed by atoms with van der Waals surface area (Å²) in [6.07, 6.45) is 3.38. The summed E-state index contributed by atoms with van der Waals surface area (Å²) in [5.74, 6) is -0.709. The minimum Gasteiger partial charge on any atom is -0.467 e. The van der Waals surface area contributed by atoms with Gasteiger partial charge < -0.3 is 15.4 Å². The Morgan fingerprint density at radius 2 is 2.00 bits per heavy atom. The molecule has 0 saturated heterocycles. The second-order valence-electron chi connectivity index (χ2n) is 5.57. The number of fused-ring (bicyclic) bond motifs is 1. The standard InChI is InChI=1S/C17H15Cl2N3O3/c1-25-17(24)14-8-13(22-16(23)9-2-4-20-5-3-9)15-11(19)6-10(18)7-12(15)21-14/h2-7,13-14,21H,8H2,1H3,(H,22,23)/t13-,14+/m1/s1. The number of halogens is 2. The molecule has 1 aromatic heterocycles. The number of carbonyl (C=O) groups excluding carboxylic acids is 2. The Kier molecular flexibility index (Phi) is 5.11. The number of benzene rings is 1. The van der Waals surface area contributed by atoms with E-state index < -0.39 is 18.1 Å². The maximum Gasteiger partial charge on any atom is 0.328 e. The molecular weight excluding hydrogens is 365 g/mol. The third-order valence-electron chi connectivity index (χ3n) is 3.98. The number of carbonyl (C=O) groups is 2. The molecule has 2 aromatic rings. The van der Waals surface area contributed by atoms with E-state index >= 15 is 0 Å². The molecule has 0 unspecified atom stereocenters. The molecule has 8 heteroatoms. The molecule has 1 amide bonds. The Morgan fingerprint density at radius 3 is 2.68 bits per heavy atom. The summed E-state index contributed by atoms with van der Waals surface area (Å²) in [6, 6.07) is 5.41. The fraction of sp³-hybridized carbons (Fsp3) is 0.235. The first kappa shape index (κ1) is 17.5. The lowest BCUT2D eigenvalue weighted by atomic mass is 9.92. The van der Waals surface area contributed by atoms with E-state index in [1.165, 1.54) is 19.5 Å². The van der Waals surface area contributed by atoms with Crippen LogP contribution in [0.5, 0.6) is 0 Å². The van der Waals surface area contributed by atoms with Crippen molar-refractivity contribution in [3.05, 3.63) is 57.8 Å². The van der Waals surface area contributed by atoms with Crippen LogP contribution in [0, 0.1) is 0 Å². The van der Waals surface area contributed by atoms with E-state index in [2.05, 4.69) is 15.6 Å². The van der Waals surface area contributed by atoms with Gasteiger partial charge in [-0.2, -0.15) is 0 Å². The Morgan fingerprint density at radius 1 is 1.28 bits per heavy atom. The van der Waals surface area contributed by atoms with Crippen LogP contribution in [-0.2, 0) is 9.53 Å². The van der Waals surface area contributed by atoms with Crippen molar-refractivity contribution in [3.63, 3.8) is 0 Å². The zero-order chi connectivity index (χ0) is 18.0. The number of amides is 1. The van der Waals surface area contributed by atoms with Gasteiger partial charge in [-0.25, -0.2) is 4.79 Å². The number of rotatable bonds is 3. The zero-order valence-electron chi connectivity index (χ0n) is 13.3. The lowest BCUT2D eigenvalue weighted by molar-refractivity contribution is -0.141. The highest BCUT2D eigenvalue weighted by molar-refractivity contribution is 6.35. The highest BCUT2D eigenvalue weighted by Gasteiger charge is 2.34. The second-order valence-corrected chi connectivity index (χ2v) is 6.41. The predicted octanol–water partition coefficient (Wildman–Crippen LogP) is 3.22. The molecule has 1 aromatic carbocycles. The Hall–Kier alpha value is -2.31. The van der Waals surface area contributed by atoms with Crippen molar-refractivity contribution in [1.82, 2.24) is 10.3 Å². The summed E-state index contributed by atoms with van der Waals surface area (Å²) in [7, 11) is 1.31. The molecular formula is C17H15Cl2N3O3. The topological polar surface area (TPSA) is 80.3 Å². The second kappa shape index (κ2) is 7.29. The molecule has 0 bridgehead atoms. The summed E-state index contributed by atoms with van der Waals surface area (Å²) >= 11 is 12.4. The molecule has 0 saturated carbocycles. The van der Waals surface area contributed by atoms with Gasteiger partial charge in [0.05, 0.1) is 13.2 Å². The average molecular weight is 380 g/mol. The number of anilines is 1. The number of esters is 1. The summed E-state index contributed by atoms with van der Waals surface area (Å²) in [4.78, 5) is 28.4. The summed E-state index contributed by atoms with van der Waals surface area (Å²) in [5.41, 5.74) is 1.75. The molecule has 2 N–H and O–H groups in total. The van der Waals surface area contributed by atoms with E-state index in [1.807, 2.05) is 0 Å². The van der Waals surface area contributed by atoms with Gasteiger partial charge in [-0.1, -0.05) is 23.2 Å². The van der Waals surface area contributed by atoms with Crippen LogP contribution in [-0.4, -0.2) is 30.0 Å². The first-order valence-corrected chi connectivity index (χ1v) is 8.29. The van der Waals surface area contributed by atoms with Crippen molar-refractivity contribution in [1.29, 1.82) is 0 Å². The van der Waals surface area contributed by atoms with Gasteiger partial charge >= 0.3 is 5.97 Å². The van der Waals surface area contributed by atoms with Crippen LogP contribution < -0.4 is 10.6 Å². The number of ether oxygens (including phenoxy) is 1. The Labute approximate surface area is 154 Å². The van der Waals surface area contributed by atoms with Gasteiger partial charge in [-0.3, -0.25) is 9.78 Å². The summed E-state index contributed by atoms with van der Waals surface area (Å²) in [5, 5.41) is 6.83. The largest absolute Gasteiger partial charge is 0.467 e. The fourth-order valence-electron chi connectivity index (χ4n) is 2.83. The first-order valence-electron chi connectivity index (χ1n) is 7.53. The molecule has 130 valence electrons. The Bertz CT molecular complexity index is 814. The minimum atomic E-state index is -0.616. The molecule has 0 spiro atoms. The molecule has 1 aliphatic rings. The van der Waals surface area contributed by atoms with Gasteiger partial charge in [-0.05, 0) is 24.3 Å². The van der Waals surface area contributed by atoms with Crippen LogP contribution in [0.25, 0.3) is 0 Å². The number of aromatic nitrogens is 1. The number of hydrogen-bond acceptors (Lipinski definition) is 5. The van der Waals surface area contributed by atoms with Crippen LogP contribution in [0.2, 0.25) is 10.0 Å². The van der Waals surface area contributed by atoms with Gasteiger partial charge in [-0.15, -0.1) is 0 Å². The monoisotopic (exact) mass is 379 g/mol. The third-order valence-corrected chi connectivity index (χ3v) is 4.51. The number of methoxy groups -OCH3 is 1. The quantitative estimate of drug-likeness (QED) is 0.800. The maximum atomic E-state index is 12.5. The van der Waals surface area contributed by atoms with Crippen molar-refractivity contribution in [2.24, 2.45) is 0 Å². The van der Waals surface area contributed by atoms with Crippen LogP contribution in [0.3, 0.4) is 0 Å². The van der Waals surface area contributed by atoms with Gasteiger partial charge in [0.25, 0.3) is 5.91 Å². The zero-order valence-corrected chi connectivity index (χ0v) is 14.8. The lowest BCUT2D eigenvalue weighted by Crippen LogP contribution is -2.41. The van der Waals surface area contributed by atoms with Gasteiger partial charge in [0.2, 0.25) is 0 Å². The lowest BCUT2D eigenvalue weighted by Gasteiger charge is -2.33. The van der Waals surface area contributed by atoms with Gasteiger partial charge in [0, 0.05) is 45.7 Å². The maximum absolute atomic E-state index is 12.5. The molecule has 0 aliphatic carbocycles. The number of pyridine rings is 1. The highest BCUT2D eigenvalue weighted by atomic mass is 35.5. The molecule has 25 heavy (non-hydrogen) atoms. The van der Waals surface area contributed by atoms with Gasteiger partial charge in [0.1, 0.15) is 6.04 Å². The van der Waals surface area contributed by atoms with Crippen molar-refractivity contribution in [2.75, 3.05) is 12.4 Å². The van der Waals surface area contributed by atoms with E-state index in [0.717, 1.165) is 0 Å². The van der Waals surface area contributed by atoms with Crippen LogP contribution in [0.1, 0.15) is 28.4 Å². The fourth-order valence-corrected chi connectivity index (χ4v) is 3.46. The van der Waals surface area contributed by atoms with Crippen molar-refractivity contribution in [2.45, 2.75) is 18.5 Å².